The summed E-state index contributed by atoms with van der Waals surface area (Å²) >= 11 is 7.60. The minimum Gasteiger partial charge on any atom is -0.264 e. The van der Waals surface area contributed by atoms with E-state index >= 15 is 0 Å². The molecule has 0 spiro atoms. The molecule has 1 N–H and O–H groups in total. The number of thiophene rings is 1. The molecule has 5 nitrogen and oxygen atoms in total. The molecule has 126 valence electrons. The van der Waals surface area contributed by atoms with Crippen molar-refractivity contribution in [2.75, 3.05) is 6.54 Å². The van der Waals surface area contributed by atoms with Crippen molar-refractivity contribution in [3.05, 3.63) is 69.6 Å². The van der Waals surface area contributed by atoms with Crippen molar-refractivity contribution in [1.29, 1.82) is 0 Å². The Morgan fingerprint density at radius 3 is 2.83 bits per heavy atom. The molecule has 0 bridgehead atoms. The van der Waals surface area contributed by atoms with Crippen LogP contribution in [-0.2, 0) is 10.0 Å². The molecule has 0 unspecified atom stereocenters. The van der Waals surface area contributed by atoms with Gasteiger partial charge in [-0.05, 0) is 53.1 Å². The predicted molar refractivity (Wildman–Crippen MR) is 96.1 cm³/mol. The van der Waals surface area contributed by atoms with Gasteiger partial charge in [-0.25, -0.2) is 13.1 Å². The Kier molecular flexibility index (Phi) is 5.05. The summed E-state index contributed by atoms with van der Waals surface area (Å²) in [5.74, 6) is 0. The number of nitrogens with one attached hydrogen (secondary N) is 1. The maximum absolute atomic E-state index is 12.7. The van der Waals surface area contributed by atoms with Crippen LogP contribution in [0.1, 0.15) is 17.2 Å². The molecule has 8 heteroatoms. The van der Waals surface area contributed by atoms with E-state index < -0.39 is 10.0 Å². The van der Waals surface area contributed by atoms with E-state index in [1.54, 1.807) is 47.3 Å². The van der Waals surface area contributed by atoms with E-state index in [2.05, 4.69) is 9.82 Å². The van der Waals surface area contributed by atoms with E-state index in [0.29, 0.717) is 10.6 Å². The normalized spacial score (nSPS) is 13.1. The summed E-state index contributed by atoms with van der Waals surface area (Å²) in [5.41, 5.74) is 1.55. The second-order valence-corrected chi connectivity index (χ2v) is 8.20. The number of halogens is 1. The SMILES string of the molecule is Cc1c(Cl)cccc1S(=O)(=O)NC[C@@H](c1ccsc1)n1cccn1. The Bertz CT molecular complexity index is 873. The van der Waals surface area contributed by atoms with Crippen molar-refractivity contribution < 1.29 is 8.42 Å². The summed E-state index contributed by atoms with van der Waals surface area (Å²) in [6.45, 7) is 1.90. The Labute approximate surface area is 150 Å². The molecule has 0 aliphatic heterocycles. The summed E-state index contributed by atoms with van der Waals surface area (Å²) in [4.78, 5) is 0.194. The summed E-state index contributed by atoms with van der Waals surface area (Å²) in [7, 11) is -3.66. The van der Waals surface area contributed by atoms with Crippen LogP contribution in [0.4, 0.5) is 0 Å². The largest absolute Gasteiger partial charge is 0.264 e. The lowest BCUT2D eigenvalue weighted by atomic mass is 10.1. The van der Waals surface area contributed by atoms with Crippen LogP contribution in [0.5, 0.6) is 0 Å². The average molecular weight is 382 g/mol. The topological polar surface area (TPSA) is 64.0 Å². The van der Waals surface area contributed by atoms with Gasteiger partial charge in [0.25, 0.3) is 0 Å². The maximum Gasteiger partial charge on any atom is 0.240 e. The fourth-order valence-corrected chi connectivity index (χ4v) is 4.68. The van der Waals surface area contributed by atoms with Gasteiger partial charge >= 0.3 is 0 Å². The first-order valence-corrected chi connectivity index (χ1v) is 10.1. The molecule has 0 saturated heterocycles. The molecule has 2 heterocycles. The third-order valence-electron chi connectivity index (χ3n) is 3.75. The van der Waals surface area contributed by atoms with Gasteiger partial charge in [0, 0.05) is 24.0 Å². The van der Waals surface area contributed by atoms with Crippen molar-refractivity contribution in [2.45, 2.75) is 17.9 Å². The highest BCUT2D eigenvalue weighted by molar-refractivity contribution is 7.89. The lowest BCUT2D eigenvalue weighted by molar-refractivity contribution is 0.506. The van der Waals surface area contributed by atoms with Crippen molar-refractivity contribution in [3.8, 4) is 0 Å². The first kappa shape index (κ1) is 17.2. The fraction of sp³-hybridized carbons (Fsp3) is 0.188. The van der Waals surface area contributed by atoms with Crippen LogP contribution in [0.3, 0.4) is 0 Å². The van der Waals surface area contributed by atoms with Crippen LogP contribution in [0, 0.1) is 6.92 Å². The molecule has 24 heavy (non-hydrogen) atoms. The number of hydrogen-bond donors (Lipinski definition) is 1. The summed E-state index contributed by atoms with van der Waals surface area (Å²) in [6.07, 6.45) is 3.50. The zero-order chi connectivity index (χ0) is 17.2. The highest BCUT2D eigenvalue weighted by Crippen LogP contribution is 2.24. The summed E-state index contributed by atoms with van der Waals surface area (Å²) < 4.78 is 29.7. The van der Waals surface area contributed by atoms with E-state index in [9.17, 15) is 8.42 Å². The zero-order valence-corrected chi connectivity index (χ0v) is 15.3. The number of benzene rings is 1. The molecule has 0 fully saturated rings. The van der Waals surface area contributed by atoms with Gasteiger partial charge in [-0.2, -0.15) is 16.4 Å². The van der Waals surface area contributed by atoms with Crippen LogP contribution in [0.25, 0.3) is 0 Å². The van der Waals surface area contributed by atoms with Crippen LogP contribution in [-0.4, -0.2) is 24.7 Å². The number of sulfonamides is 1. The van der Waals surface area contributed by atoms with Crippen molar-refractivity contribution in [2.24, 2.45) is 0 Å². The molecule has 1 aromatic carbocycles. The van der Waals surface area contributed by atoms with E-state index in [-0.39, 0.29) is 17.5 Å². The van der Waals surface area contributed by atoms with Gasteiger partial charge in [0.05, 0.1) is 10.9 Å². The number of nitrogens with zero attached hydrogens (tertiary/aromatic N) is 2. The van der Waals surface area contributed by atoms with Gasteiger partial charge in [0.2, 0.25) is 10.0 Å². The van der Waals surface area contributed by atoms with Gasteiger partial charge < -0.3 is 0 Å². The Morgan fingerprint density at radius 2 is 2.17 bits per heavy atom. The Balaban J connectivity index is 1.86. The maximum atomic E-state index is 12.7. The van der Waals surface area contributed by atoms with Crippen LogP contribution in [0.15, 0.2) is 58.4 Å². The number of aromatic nitrogens is 2. The molecule has 3 aromatic rings. The Hall–Kier alpha value is -1.67. The molecule has 0 radical (unpaired) electrons. The minimum atomic E-state index is -3.66. The van der Waals surface area contributed by atoms with Gasteiger partial charge in [0.1, 0.15) is 0 Å². The van der Waals surface area contributed by atoms with Gasteiger partial charge in [-0.1, -0.05) is 17.7 Å². The van der Waals surface area contributed by atoms with E-state index in [1.807, 2.05) is 29.1 Å². The molecule has 0 amide bonds. The smallest absolute Gasteiger partial charge is 0.240 e. The third kappa shape index (κ3) is 3.54. The number of hydrogen-bond acceptors (Lipinski definition) is 4. The molecule has 1 atom stereocenters. The van der Waals surface area contributed by atoms with E-state index in [4.69, 9.17) is 11.6 Å². The average Bonchev–Trinajstić information content (AvgIpc) is 3.24. The van der Waals surface area contributed by atoms with Gasteiger partial charge in [-0.3, -0.25) is 4.68 Å². The van der Waals surface area contributed by atoms with Crippen LogP contribution < -0.4 is 4.72 Å². The van der Waals surface area contributed by atoms with E-state index in [0.717, 1.165) is 5.56 Å². The highest BCUT2D eigenvalue weighted by Gasteiger charge is 2.22. The third-order valence-corrected chi connectivity index (χ3v) is 6.43. The number of rotatable bonds is 6. The van der Waals surface area contributed by atoms with Gasteiger partial charge in [-0.15, -0.1) is 0 Å². The van der Waals surface area contributed by atoms with Crippen molar-refractivity contribution >= 4 is 33.0 Å². The lowest BCUT2D eigenvalue weighted by Crippen LogP contribution is -2.31. The lowest BCUT2D eigenvalue weighted by Gasteiger charge is -2.18. The molecular formula is C16H16ClN3O2S2. The molecule has 2 aromatic heterocycles. The fourth-order valence-electron chi connectivity index (χ4n) is 2.44. The standard InChI is InChI=1S/C16H16ClN3O2S2/c1-12-14(17)4-2-5-16(12)24(21,22)19-10-15(13-6-9-23-11-13)20-8-3-7-18-20/h2-9,11,15,19H,10H2,1H3/t15-/m0/s1. The van der Waals surface area contributed by atoms with Crippen LogP contribution >= 0.6 is 22.9 Å². The second-order valence-electron chi connectivity index (χ2n) is 5.27. The first-order chi connectivity index (χ1) is 11.5. The minimum absolute atomic E-state index is 0.194. The monoisotopic (exact) mass is 381 g/mol. The van der Waals surface area contributed by atoms with Gasteiger partial charge in [0.15, 0.2) is 0 Å². The summed E-state index contributed by atoms with van der Waals surface area (Å²) in [6, 6.07) is 8.43. The summed E-state index contributed by atoms with van der Waals surface area (Å²) in [5, 5.41) is 8.62. The van der Waals surface area contributed by atoms with Crippen LogP contribution in [0.2, 0.25) is 5.02 Å². The zero-order valence-electron chi connectivity index (χ0n) is 12.9. The first-order valence-electron chi connectivity index (χ1n) is 7.25. The van der Waals surface area contributed by atoms with Crippen molar-refractivity contribution in [1.82, 2.24) is 14.5 Å². The highest BCUT2D eigenvalue weighted by atomic mass is 35.5. The molecule has 3 rings (SSSR count). The van der Waals surface area contributed by atoms with E-state index in [1.165, 1.54) is 0 Å². The molecular weight excluding hydrogens is 366 g/mol. The molecule has 0 aliphatic carbocycles. The predicted octanol–water partition coefficient (Wildman–Crippen LogP) is 3.47. The second kappa shape index (κ2) is 7.06. The Morgan fingerprint density at radius 1 is 1.33 bits per heavy atom. The molecule has 0 saturated carbocycles. The molecule has 0 aliphatic rings. The van der Waals surface area contributed by atoms with Crippen molar-refractivity contribution in [3.63, 3.8) is 0 Å². The quantitative estimate of drug-likeness (QED) is 0.711.